The van der Waals surface area contributed by atoms with Crippen LogP contribution in [0.25, 0.3) is 0 Å². The van der Waals surface area contributed by atoms with Crippen molar-refractivity contribution < 1.29 is 4.79 Å². The van der Waals surface area contributed by atoms with Gasteiger partial charge < -0.3 is 10.2 Å². The molecule has 2 aliphatic rings. The van der Waals surface area contributed by atoms with Crippen LogP contribution in [0.1, 0.15) is 45.4 Å². The van der Waals surface area contributed by atoms with Crippen molar-refractivity contribution >= 4 is 5.91 Å². The Morgan fingerprint density at radius 1 is 1.38 bits per heavy atom. The van der Waals surface area contributed by atoms with Crippen molar-refractivity contribution in [2.24, 2.45) is 5.92 Å². The summed E-state index contributed by atoms with van der Waals surface area (Å²) in [7, 11) is 0. The zero-order valence-corrected chi connectivity index (χ0v) is 10.4. The second-order valence-electron chi connectivity index (χ2n) is 5.23. The fourth-order valence-corrected chi connectivity index (χ4v) is 2.60. The molecule has 0 radical (unpaired) electrons. The van der Waals surface area contributed by atoms with Gasteiger partial charge in [0.2, 0.25) is 5.91 Å². The molecule has 92 valence electrons. The molecule has 1 aliphatic heterocycles. The van der Waals surface area contributed by atoms with Gasteiger partial charge in [-0.3, -0.25) is 4.79 Å². The van der Waals surface area contributed by atoms with E-state index in [1.54, 1.807) is 0 Å². The lowest BCUT2D eigenvalue weighted by Crippen LogP contribution is -2.38. The fourth-order valence-electron chi connectivity index (χ4n) is 2.60. The van der Waals surface area contributed by atoms with Crippen molar-refractivity contribution in [3.8, 4) is 0 Å². The van der Waals surface area contributed by atoms with Crippen LogP contribution < -0.4 is 5.32 Å². The molecule has 1 unspecified atom stereocenters. The molecule has 0 aromatic carbocycles. The van der Waals surface area contributed by atoms with Crippen LogP contribution in [0.2, 0.25) is 0 Å². The summed E-state index contributed by atoms with van der Waals surface area (Å²) in [6.07, 6.45) is 6.77. The minimum Gasteiger partial charge on any atom is -0.340 e. The Bertz CT molecular complexity index is 232. The maximum atomic E-state index is 12.2. The Labute approximate surface area is 98.6 Å². The summed E-state index contributed by atoms with van der Waals surface area (Å²) in [6, 6.07) is 0.587. The van der Waals surface area contributed by atoms with E-state index in [9.17, 15) is 4.79 Å². The van der Waals surface area contributed by atoms with Gasteiger partial charge in [0, 0.05) is 19.0 Å². The van der Waals surface area contributed by atoms with Crippen LogP contribution in [-0.4, -0.2) is 36.5 Å². The number of carbonyl (C=O) groups is 1. The number of hydrogen-bond acceptors (Lipinski definition) is 2. The Balaban J connectivity index is 1.79. The summed E-state index contributed by atoms with van der Waals surface area (Å²) in [5.74, 6) is 0.984. The van der Waals surface area contributed by atoms with Crippen LogP contribution in [0, 0.1) is 5.92 Å². The molecular formula is C13H24N2O. The molecule has 1 saturated heterocycles. The minimum absolute atomic E-state index is 0.401. The molecule has 1 atom stereocenters. The summed E-state index contributed by atoms with van der Waals surface area (Å²) in [5.41, 5.74) is 0. The molecule has 1 saturated carbocycles. The lowest BCUT2D eigenvalue weighted by molar-refractivity contribution is -0.133. The molecule has 3 nitrogen and oxygen atoms in total. The van der Waals surface area contributed by atoms with Crippen molar-refractivity contribution in [3.63, 3.8) is 0 Å². The van der Waals surface area contributed by atoms with E-state index in [1.807, 2.05) is 0 Å². The molecule has 0 bridgehead atoms. The number of nitrogens with zero attached hydrogens (tertiary/aromatic N) is 1. The number of rotatable bonds is 5. The highest BCUT2D eigenvalue weighted by Crippen LogP contribution is 2.28. The molecule has 1 heterocycles. The first-order valence-electron chi connectivity index (χ1n) is 6.81. The molecule has 1 N–H and O–H groups in total. The zero-order chi connectivity index (χ0) is 11.4. The monoisotopic (exact) mass is 224 g/mol. The van der Waals surface area contributed by atoms with Crippen LogP contribution in [0.3, 0.4) is 0 Å². The molecular weight excluding hydrogens is 200 g/mol. The van der Waals surface area contributed by atoms with E-state index in [0.717, 1.165) is 32.5 Å². The predicted molar refractivity (Wildman–Crippen MR) is 65.2 cm³/mol. The first-order valence-corrected chi connectivity index (χ1v) is 6.81. The Morgan fingerprint density at radius 3 is 2.75 bits per heavy atom. The minimum atomic E-state index is 0.401. The van der Waals surface area contributed by atoms with Gasteiger partial charge in [-0.15, -0.1) is 0 Å². The third-order valence-electron chi connectivity index (χ3n) is 3.63. The highest BCUT2D eigenvalue weighted by molar-refractivity contribution is 5.77. The Morgan fingerprint density at radius 2 is 2.19 bits per heavy atom. The molecule has 16 heavy (non-hydrogen) atoms. The highest BCUT2D eigenvalue weighted by atomic mass is 16.2. The van der Waals surface area contributed by atoms with Crippen molar-refractivity contribution in [3.05, 3.63) is 0 Å². The smallest absolute Gasteiger partial charge is 0.223 e. The summed E-state index contributed by atoms with van der Waals surface area (Å²) < 4.78 is 0. The predicted octanol–water partition coefficient (Wildman–Crippen LogP) is 1.78. The molecule has 1 amide bonds. The molecule has 3 heteroatoms. The largest absolute Gasteiger partial charge is 0.340 e. The van der Waals surface area contributed by atoms with Gasteiger partial charge in [-0.1, -0.05) is 6.92 Å². The quantitative estimate of drug-likeness (QED) is 0.772. The SMILES string of the molecule is CCCN(C(=O)CC1CCCNC1)C1CC1. The summed E-state index contributed by atoms with van der Waals surface area (Å²) in [6.45, 7) is 5.29. The van der Waals surface area contributed by atoms with E-state index >= 15 is 0 Å². The van der Waals surface area contributed by atoms with Gasteiger partial charge >= 0.3 is 0 Å². The normalized spacial score (nSPS) is 25.4. The van der Waals surface area contributed by atoms with Crippen LogP contribution >= 0.6 is 0 Å². The Hall–Kier alpha value is -0.570. The highest BCUT2D eigenvalue weighted by Gasteiger charge is 2.32. The lowest BCUT2D eigenvalue weighted by atomic mass is 9.95. The average molecular weight is 224 g/mol. The van der Waals surface area contributed by atoms with Crippen molar-refractivity contribution in [2.45, 2.75) is 51.5 Å². The molecule has 0 spiro atoms. The van der Waals surface area contributed by atoms with E-state index in [4.69, 9.17) is 0 Å². The van der Waals surface area contributed by atoms with Gasteiger partial charge in [-0.2, -0.15) is 0 Å². The van der Waals surface area contributed by atoms with Crippen LogP contribution in [0.4, 0.5) is 0 Å². The van der Waals surface area contributed by atoms with Gasteiger partial charge in [-0.05, 0) is 51.1 Å². The molecule has 0 aromatic heterocycles. The molecule has 2 fully saturated rings. The second-order valence-corrected chi connectivity index (χ2v) is 5.23. The number of hydrogen-bond donors (Lipinski definition) is 1. The molecule has 1 aliphatic carbocycles. The maximum absolute atomic E-state index is 12.2. The number of amides is 1. The van der Waals surface area contributed by atoms with E-state index in [1.165, 1.54) is 25.7 Å². The topological polar surface area (TPSA) is 32.3 Å². The number of piperidine rings is 1. The van der Waals surface area contributed by atoms with E-state index in [2.05, 4.69) is 17.1 Å². The Kier molecular flexibility index (Phi) is 4.22. The number of nitrogens with one attached hydrogen (secondary N) is 1. The fraction of sp³-hybridized carbons (Fsp3) is 0.923. The van der Waals surface area contributed by atoms with E-state index in [0.29, 0.717) is 17.9 Å². The number of carbonyl (C=O) groups excluding carboxylic acids is 1. The van der Waals surface area contributed by atoms with Gasteiger partial charge in [0.1, 0.15) is 0 Å². The van der Waals surface area contributed by atoms with Crippen molar-refractivity contribution in [1.82, 2.24) is 10.2 Å². The second kappa shape index (κ2) is 5.67. The first kappa shape index (κ1) is 11.9. The van der Waals surface area contributed by atoms with Gasteiger partial charge in [-0.25, -0.2) is 0 Å². The van der Waals surface area contributed by atoms with Gasteiger partial charge in [0.15, 0.2) is 0 Å². The molecule has 2 rings (SSSR count). The standard InChI is InChI=1S/C13H24N2O/c1-2-8-15(12-5-6-12)13(16)9-11-4-3-7-14-10-11/h11-12,14H,2-10H2,1H3. The maximum Gasteiger partial charge on any atom is 0.223 e. The molecule has 0 aromatic rings. The van der Waals surface area contributed by atoms with Gasteiger partial charge in [0.05, 0.1) is 0 Å². The lowest BCUT2D eigenvalue weighted by Gasteiger charge is -2.27. The third kappa shape index (κ3) is 3.21. The van der Waals surface area contributed by atoms with Crippen LogP contribution in [0.15, 0.2) is 0 Å². The van der Waals surface area contributed by atoms with E-state index in [-0.39, 0.29) is 0 Å². The first-order chi connectivity index (χ1) is 7.81. The summed E-state index contributed by atoms with van der Waals surface area (Å²) in [5, 5.41) is 3.39. The third-order valence-corrected chi connectivity index (χ3v) is 3.63. The van der Waals surface area contributed by atoms with E-state index < -0.39 is 0 Å². The summed E-state index contributed by atoms with van der Waals surface area (Å²) >= 11 is 0. The van der Waals surface area contributed by atoms with Crippen molar-refractivity contribution in [2.75, 3.05) is 19.6 Å². The van der Waals surface area contributed by atoms with Crippen molar-refractivity contribution in [1.29, 1.82) is 0 Å². The summed E-state index contributed by atoms with van der Waals surface area (Å²) in [4.78, 5) is 14.3. The van der Waals surface area contributed by atoms with Crippen LogP contribution in [-0.2, 0) is 4.79 Å². The van der Waals surface area contributed by atoms with Gasteiger partial charge in [0.25, 0.3) is 0 Å². The van der Waals surface area contributed by atoms with Crippen LogP contribution in [0.5, 0.6) is 0 Å². The average Bonchev–Trinajstić information content (AvgIpc) is 3.11. The zero-order valence-electron chi connectivity index (χ0n) is 10.4.